The summed E-state index contributed by atoms with van der Waals surface area (Å²) in [4.78, 5) is 10.5. The van der Waals surface area contributed by atoms with Gasteiger partial charge in [-0.25, -0.2) is 19.3 Å². The van der Waals surface area contributed by atoms with Gasteiger partial charge in [-0.1, -0.05) is 174 Å². The Morgan fingerprint density at radius 3 is 0.868 bits per heavy atom. The van der Waals surface area contributed by atoms with Gasteiger partial charge in [-0.3, -0.25) is 0 Å². The lowest BCUT2D eigenvalue weighted by atomic mass is 10.0. The van der Waals surface area contributed by atoms with Crippen LogP contribution in [0.3, 0.4) is 0 Å². The first-order chi connectivity index (χ1) is 33.3. The zero-order chi connectivity index (χ0) is 46.1. The van der Waals surface area contributed by atoms with Crippen molar-refractivity contribution < 1.29 is 0 Å². The third-order valence-corrected chi connectivity index (χ3v) is 12.5. The van der Waals surface area contributed by atoms with E-state index in [1.807, 2.05) is 12.1 Å². The highest BCUT2D eigenvalue weighted by atomic mass is 15.3. The number of para-hydroxylation sites is 2. The molecule has 11 aromatic rings. The van der Waals surface area contributed by atoms with Crippen molar-refractivity contribution in [2.45, 2.75) is 27.7 Å². The van der Waals surface area contributed by atoms with Crippen LogP contribution in [0.1, 0.15) is 22.3 Å². The minimum absolute atomic E-state index is 0.846. The Labute approximate surface area is 397 Å². The van der Waals surface area contributed by atoms with Crippen LogP contribution in [0.25, 0.3) is 101 Å². The number of pyridine rings is 2. The largest absolute Gasteiger partial charge is 0.248 e. The fraction of sp³-hybridized carbons (Fsp3) is 0.0645. The Bertz CT molecular complexity index is 3190. The van der Waals surface area contributed by atoms with Gasteiger partial charge in [0.1, 0.15) is 0 Å². The van der Waals surface area contributed by atoms with Crippen molar-refractivity contribution >= 4 is 0 Å². The maximum atomic E-state index is 5.36. The second-order valence-corrected chi connectivity index (χ2v) is 17.6. The molecule has 0 aliphatic carbocycles. The number of aromatic nitrogens is 6. The second kappa shape index (κ2) is 17.9. The van der Waals surface area contributed by atoms with E-state index < -0.39 is 0 Å². The Morgan fingerprint density at radius 1 is 0.250 bits per heavy atom. The first-order valence-electron chi connectivity index (χ1n) is 23.0. The summed E-state index contributed by atoms with van der Waals surface area (Å²) in [6.45, 7) is 8.44. The van der Waals surface area contributed by atoms with E-state index in [4.69, 9.17) is 20.2 Å². The zero-order valence-corrected chi connectivity index (χ0v) is 38.5. The first kappa shape index (κ1) is 41.9. The van der Waals surface area contributed by atoms with E-state index in [1.54, 1.807) is 0 Å². The van der Waals surface area contributed by atoms with E-state index in [1.165, 1.54) is 22.3 Å². The van der Waals surface area contributed by atoms with Gasteiger partial charge >= 0.3 is 0 Å². The van der Waals surface area contributed by atoms with Gasteiger partial charge in [0, 0.05) is 44.5 Å². The zero-order valence-electron chi connectivity index (χ0n) is 38.5. The summed E-state index contributed by atoms with van der Waals surface area (Å²) < 4.78 is 4.11. The van der Waals surface area contributed by atoms with Gasteiger partial charge in [0.25, 0.3) is 0 Å². The average molecular weight is 877 g/mol. The van der Waals surface area contributed by atoms with Crippen molar-refractivity contribution in [2.24, 2.45) is 0 Å². The Hall–Kier alpha value is -8.74. The normalized spacial score (nSPS) is 11.2. The number of rotatable bonds is 10. The molecule has 326 valence electrons. The van der Waals surface area contributed by atoms with Gasteiger partial charge in [-0.15, -0.1) is 0 Å². The third-order valence-electron chi connectivity index (χ3n) is 12.5. The van der Waals surface area contributed by atoms with Gasteiger partial charge in [-0.2, -0.15) is 10.2 Å². The molecule has 4 heterocycles. The van der Waals surface area contributed by atoms with E-state index in [0.717, 1.165) is 101 Å². The molecule has 7 aromatic carbocycles. The summed E-state index contributed by atoms with van der Waals surface area (Å²) in [5, 5.41) is 10.7. The molecule has 0 bridgehead atoms. The maximum Gasteiger partial charge on any atom is 0.0934 e. The molecule has 0 spiro atoms. The van der Waals surface area contributed by atoms with E-state index >= 15 is 0 Å². The van der Waals surface area contributed by atoms with Crippen LogP contribution in [0.4, 0.5) is 0 Å². The highest BCUT2D eigenvalue weighted by molar-refractivity contribution is 5.82. The van der Waals surface area contributed by atoms with Gasteiger partial charge in [0.2, 0.25) is 0 Å². The highest BCUT2D eigenvalue weighted by Crippen LogP contribution is 2.38. The molecule has 0 unspecified atom stereocenters. The molecular formula is C62H48N6. The summed E-state index contributed by atoms with van der Waals surface area (Å²) >= 11 is 0. The molecule has 0 N–H and O–H groups in total. The molecule has 6 nitrogen and oxygen atoms in total. The van der Waals surface area contributed by atoms with Crippen LogP contribution in [0.2, 0.25) is 0 Å². The van der Waals surface area contributed by atoms with Crippen molar-refractivity contribution in [3.63, 3.8) is 0 Å². The minimum atomic E-state index is 0.846. The van der Waals surface area contributed by atoms with Gasteiger partial charge in [0.15, 0.2) is 0 Å². The van der Waals surface area contributed by atoms with Crippen LogP contribution in [-0.2, 0) is 0 Å². The SMILES string of the molecule is Cc1ccc(-c2cc(-c3cc(-c4cccc(-c5cc(-c6cc(-c7ccc(C)cc7)nc(-c7ccc(C)cc7)c6)n(-c6ccccc6)n5)c4)nn3-c3ccccc3)cc(-c3ccc(C)cc3)n2)cc1. The first-order valence-corrected chi connectivity index (χ1v) is 23.0. The number of nitrogens with zero attached hydrogens (tertiary/aromatic N) is 6. The molecule has 6 heteroatoms. The molecule has 4 aromatic heterocycles. The Balaban J connectivity index is 1.05. The highest BCUT2D eigenvalue weighted by Gasteiger charge is 2.20. The number of hydrogen-bond acceptors (Lipinski definition) is 4. The Kier molecular flexibility index (Phi) is 11.0. The fourth-order valence-electron chi connectivity index (χ4n) is 8.67. The third kappa shape index (κ3) is 8.59. The topological polar surface area (TPSA) is 61.4 Å². The van der Waals surface area contributed by atoms with Crippen molar-refractivity contribution in [3.05, 3.63) is 241 Å². The average Bonchev–Trinajstić information content (AvgIpc) is 4.05. The van der Waals surface area contributed by atoms with Gasteiger partial charge in [-0.05, 0) is 94.4 Å². The molecule has 68 heavy (non-hydrogen) atoms. The minimum Gasteiger partial charge on any atom is -0.248 e. The van der Waals surface area contributed by atoms with Crippen LogP contribution in [-0.4, -0.2) is 29.5 Å². The molecule has 0 saturated carbocycles. The van der Waals surface area contributed by atoms with Crippen molar-refractivity contribution in [3.8, 4) is 101 Å². The molecule has 0 atom stereocenters. The Morgan fingerprint density at radius 2 is 0.559 bits per heavy atom. The van der Waals surface area contributed by atoms with Crippen molar-refractivity contribution in [1.82, 2.24) is 29.5 Å². The molecule has 0 radical (unpaired) electrons. The number of hydrogen-bond donors (Lipinski definition) is 0. The van der Waals surface area contributed by atoms with Crippen LogP contribution in [0.5, 0.6) is 0 Å². The van der Waals surface area contributed by atoms with E-state index in [9.17, 15) is 0 Å². The van der Waals surface area contributed by atoms with E-state index in [-0.39, 0.29) is 0 Å². The lowest BCUT2D eigenvalue weighted by Crippen LogP contribution is -2.00. The summed E-state index contributed by atoms with van der Waals surface area (Å²) in [7, 11) is 0. The van der Waals surface area contributed by atoms with E-state index in [0.29, 0.717) is 0 Å². The lowest BCUT2D eigenvalue weighted by Gasteiger charge is -2.12. The summed E-state index contributed by atoms with van der Waals surface area (Å²) in [6, 6.07) is 76.7. The quantitative estimate of drug-likeness (QED) is 0.137. The maximum absolute atomic E-state index is 5.36. The molecule has 0 amide bonds. The van der Waals surface area contributed by atoms with Crippen LogP contribution in [0.15, 0.2) is 218 Å². The standard InChI is InChI=1S/C62H48N6/c1-41-18-26-45(27-19-41)55-35-51(36-56(63-55)46-28-20-42(2)21-29-46)61-39-59(65-67(61)53-14-7-5-8-15-53)49-12-11-13-50(34-49)60-40-62(68(66-60)54-16-9-6-10-17-54)52-37-57(47-30-22-43(3)23-31-47)64-58(38-52)48-32-24-44(4)25-33-48/h5-40H,1-4H3. The van der Waals surface area contributed by atoms with Crippen LogP contribution < -0.4 is 0 Å². The predicted octanol–water partition coefficient (Wildman–Crippen LogP) is 15.4. The fourth-order valence-corrected chi connectivity index (χ4v) is 8.67. The molecule has 0 aliphatic heterocycles. The van der Waals surface area contributed by atoms with Crippen LogP contribution in [0, 0.1) is 27.7 Å². The van der Waals surface area contributed by atoms with Gasteiger partial charge < -0.3 is 0 Å². The van der Waals surface area contributed by atoms with E-state index in [2.05, 4.69) is 243 Å². The predicted molar refractivity (Wildman–Crippen MR) is 279 cm³/mol. The summed E-state index contributed by atoms with van der Waals surface area (Å²) in [5.74, 6) is 0. The smallest absolute Gasteiger partial charge is 0.0934 e. The van der Waals surface area contributed by atoms with Crippen molar-refractivity contribution in [2.75, 3.05) is 0 Å². The second-order valence-electron chi connectivity index (χ2n) is 17.6. The molecule has 11 rings (SSSR count). The molecule has 0 fully saturated rings. The summed E-state index contributed by atoms with van der Waals surface area (Å²) in [5.41, 5.74) is 22.2. The molecule has 0 aliphatic rings. The van der Waals surface area contributed by atoms with Crippen LogP contribution >= 0.6 is 0 Å². The van der Waals surface area contributed by atoms with Crippen molar-refractivity contribution in [1.29, 1.82) is 0 Å². The number of benzene rings is 7. The molecule has 0 saturated heterocycles. The lowest BCUT2D eigenvalue weighted by molar-refractivity contribution is 0.890. The monoisotopic (exact) mass is 876 g/mol. The number of aryl methyl sites for hydroxylation is 4. The molecular weight excluding hydrogens is 829 g/mol. The van der Waals surface area contributed by atoms with Gasteiger partial charge in [0.05, 0.1) is 56.9 Å². The summed E-state index contributed by atoms with van der Waals surface area (Å²) in [6.07, 6.45) is 0.